The summed E-state index contributed by atoms with van der Waals surface area (Å²) in [7, 11) is 0. The molecule has 0 saturated heterocycles. The number of carbonyl (C=O) groups is 8. The number of nitrogens with one attached hydrogen (secondary N) is 1. The fourth-order valence-corrected chi connectivity index (χ4v) is 14.0. The number of hydrogen-bond acceptors (Lipinski definition) is 31. The van der Waals surface area contributed by atoms with Crippen molar-refractivity contribution in [2.75, 3.05) is 52.9 Å². The first-order chi connectivity index (χ1) is 71.7. The number of aromatic carboxylic acids is 1. The summed E-state index contributed by atoms with van der Waals surface area (Å²) in [6, 6.07) is 75.4. The number of carboxylic acids is 1. The molecule has 0 aliphatic rings. The standard InChI is InChI=1S/2C29H31N3O6.C25H23N3O6.C20H21N3O5.C10H14O/c1-5-36-28(34)25-18-30-26(37-25)22-13-9-12-21(16-22)24-17-23(27(33)38-29(2,3)4)31-32(24)14-15-35-19-20-10-7-6-8-11-20;1-5-36-28(34)25-18-30-26(37-25)22-13-9-12-21(16-22)23-17-24(27(33)38-29(2,3)4)32(31-23)14-15-35-19-20-10-7-6-8-11-20;1-2-33-25(31)22-15-26-23(34-22)19-10-6-9-18(13-19)20-14-21(24(29)30)28(27-20)11-12-32-16-17-7-4-3-5-8-17;1-5-26-19(25)16-11-21-17(27-16)13-8-6-7-12(9-13)14-10-15(23-22-14)18(24)28-20(2,3)4;1-2-8-11-9-10-6-4-3-5-7-10/h2*6-13,16-18H,5,14-15,19H2,1-4H3;3-10,13-15H,2,11-12,16H2,1H3,(H,29,30);6-11H,5H2,1-4H3,(H,22,23);3-7H,2,8-9H2,1H3. The van der Waals surface area contributed by atoms with Crippen molar-refractivity contribution in [2.45, 2.75) is 166 Å². The Balaban J connectivity index is 0.000000171. The van der Waals surface area contributed by atoms with Gasteiger partial charge in [-0.3, -0.25) is 19.1 Å². The van der Waals surface area contributed by atoms with Crippen LogP contribution in [0.5, 0.6) is 0 Å². The van der Waals surface area contributed by atoms with Crippen LogP contribution in [-0.4, -0.2) is 182 Å². The van der Waals surface area contributed by atoms with Gasteiger partial charge in [-0.1, -0.05) is 177 Å². The summed E-state index contributed by atoms with van der Waals surface area (Å²) in [6.07, 6.45) is 6.41. The average Bonchev–Trinajstić information content (AvgIpc) is 1.68. The van der Waals surface area contributed by atoms with Crippen molar-refractivity contribution < 1.29 is 113 Å². The van der Waals surface area contributed by atoms with E-state index in [4.69, 9.17) is 69.8 Å². The minimum Gasteiger partial charge on any atom is -0.477 e. The summed E-state index contributed by atoms with van der Waals surface area (Å²) >= 11 is 0. The number of esters is 7. The molecule has 0 aliphatic heterocycles. The molecule has 0 bridgehead atoms. The molecule has 0 aliphatic carbocycles. The first-order valence-corrected chi connectivity index (χ1v) is 48.4. The van der Waals surface area contributed by atoms with E-state index in [-0.39, 0.29) is 96.7 Å². The average molecular weight is 2030 g/mol. The lowest BCUT2D eigenvalue weighted by molar-refractivity contribution is 0.00431. The van der Waals surface area contributed by atoms with E-state index in [0.717, 1.165) is 53.0 Å². The molecule has 8 aromatic carbocycles. The minimum absolute atomic E-state index is 0.00944. The Labute approximate surface area is 861 Å². The predicted molar refractivity (Wildman–Crippen MR) is 550 cm³/mol. The van der Waals surface area contributed by atoms with Crippen molar-refractivity contribution in [3.8, 4) is 90.8 Å². The van der Waals surface area contributed by atoms with Crippen LogP contribution in [0.4, 0.5) is 0 Å². The lowest BCUT2D eigenvalue weighted by Crippen LogP contribution is -2.26. The first kappa shape index (κ1) is 111. The number of nitrogens with zero attached hydrogens (tertiary/aromatic N) is 11. The van der Waals surface area contributed by atoms with E-state index in [1.165, 1.54) is 41.1 Å². The Kier molecular flexibility index (Phi) is 40.4. The quantitative estimate of drug-likeness (QED) is 0.0205. The Morgan fingerprint density at radius 1 is 0.315 bits per heavy atom. The van der Waals surface area contributed by atoms with E-state index in [2.05, 4.69) is 64.5 Å². The Hall–Kier alpha value is -17.0. The monoisotopic (exact) mass is 2030 g/mol. The summed E-state index contributed by atoms with van der Waals surface area (Å²) in [6.45, 7) is 31.3. The molecule has 16 rings (SSSR count). The third-order valence-electron chi connectivity index (χ3n) is 20.7. The number of ether oxygens (including phenoxy) is 11. The molecule has 36 nitrogen and oxygen atoms in total. The number of carboxylic acid groups (broad SMARTS) is 1. The van der Waals surface area contributed by atoms with Gasteiger partial charge in [0.1, 0.15) is 33.9 Å². The third-order valence-corrected chi connectivity index (χ3v) is 20.7. The van der Waals surface area contributed by atoms with Gasteiger partial charge in [-0.2, -0.15) is 20.4 Å². The molecule has 0 saturated carbocycles. The molecule has 16 aromatic rings. The second kappa shape index (κ2) is 54.3. The van der Waals surface area contributed by atoms with Crippen LogP contribution >= 0.6 is 0 Å². The number of aromatic nitrogens is 12. The van der Waals surface area contributed by atoms with E-state index in [1.807, 2.05) is 211 Å². The number of hydrogen-bond donors (Lipinski definition) is 2. The number of carbonyl (C=O) groups excluding carboxylic acids is 7. The Bertz CT molecular complexity index is 7050. The van der Waals surface area contributed by atoms with Gasteiger partial charge >= 0.3 is 47.8 Å². The molecule has 149 heavy (non-hydrogen) atoms. The van der Waals surface area contributed by atoms with Gasteiger partial charge in [0.25, 0.3) is 0 Å². The highest BCUT2D eigenvalue weighted by atomic mass is 16.6. The van der Waals surface area contributed by atoms with Crippen LogP contribution in [0.3, 0.4) is 0 Å². The lowest BCUT2D eigenvalue weighted by atomic mass is 10.1. The second-order valence-corrected chi connectivity index (χ2v) is 35.9. The highest BCUT2D eigenvalue weighted by molar-refractivity contribution is 5.93. The van der Waals surface area contributed by atoms with Crippen LogP contribution in [0.25, 0.3) is 90.8 Å². The molecule has 776 valence electrons. The smallest absolute Gasteiger partial charge is 0.375 e. The highest BCUT2D eigenvalue weighted by Gasteiger charge is 2.29. The SMILES string of the molecule is CCCOCc1ccccc1.CCOC(=O)c1cnc(-c2cccc(-c3cc(C(=O)O)n(CCOCc4ccccc4)n3)c2)o1.CCOC(=O)c1cnc(-c2cccc(-c3cc(C(=O)OC(C)(C)C)[nH]n3)c2)o1.CCOC(=O)c1cnc(-c2cccc(-c3cc(C(=O)OC(C)(C)C)n(CCOCc4ccccc4)n3)c2)o1.CCOC(=O)c1cnc(-c2cccc(-c3cc(C(=O)OC(C)(C)C)nn3CCOCc3ccccc3)c2)o1. The summed E-state index contributed by atoms with van der Waals surface area (Å²) in [5.41, 5.74) is 11.2. The van der Waals surface area contributed by atoms with Gasteiger partial charge in [0.05, 0.1) is 140 Å². The largest absolute Gasteiger partial charge is 0.477 e. The zero-order valence-corrected chi connectivity index (χ0v) is 85.5. The molecule has 0 unspecified atom stereocenters. The molecule has 36 heteroatoms. The van der Waals surface area contributed by atoms with E-state index in [1.54, 1.807) is 112 Å². The Morgan fingerprint density at radius 3 is 0.973 bits per heavy atom. The van der Waals surface area contributed by atoms with E-state index in [0.29, 0.717) is 109 Å². The van der Waals surface area contributed by atoms with Crippen LogP contribution in [0.15, 0.2) is 285 Å². The molecular weight excluding hydrogens is 1910 g/mol. The third kappa shape index (κ3) is 34.1. The summed E-state index contributed by atoms with van der Waals surface area (Å²) in [5, 5.41) is 30.2. The molecule has 0 fully saturated rings. The number of aromatic amines is 1. The number of benzene rings is 8. The van der Waals surface area contributed by atoms with Gasteiger partial charge in [0.2, 0.25) is 46.6 Å². The van der Waals surface area contributed by atoms with Crippen LogP contribution in [0.1, 0.15) is 210 Å². The maximum absolute atomic E-state index is 13.0. The van der Waals surface area contributed by atoms with E-state index < -0.39 is 64.6 Å². The number of oxazole rings is 4. The molecule has 0 spiro atoms. The van der Waals surface area contributed by atoms with Crippen LogP contribution in [0, 0.1) is 0 Å². The van der Waals surface area contributed by atoms with E-state index >= 15 is 0 Å². The first-order valence-electron chi connectivity index (χ1n) is 48.4. The van der Waals surface area contributed by atoms with E-state index in [9.17, 15) is 43.5 Å². The van der Waals surface area contributed by atoms with Crippen molar-refractivity contribution in [1.82, 2.24) is 59.5 Å². The molecule has 0 radical (unpaired) electrons. The molecule has 0 amide bonds. The summed E-state index contributed by atoms with van der Waals surface area (Å²) < 4.78 is 85.9. The van der Waals surface area contributed by atoms with Crippen molar-refractivity contribution in [3.63, 3.8) is 0 Å². The topological polar surface area (TPSA) is 445 Å². The molecule has 8 heterocycles. The maximum atomic E-state index is 13.0. The predicted octanol–water partition coefficient (Wildman–Crippen LogP) is 21.9. The van der Waals surface area contributed by atoms with Gasteiger partial charge in [0, 0.05) is 51.1 Å². The maximum Gasteiger partial charge on any atom is 0.375 e. The van der Waals surface area contributed by atoms with Gasteiger partial charge in [-0.15, -0.1) is 0 Å². The van der Waals surface area contributed by atoms with Crippen molar-refractivity contribution in [1.29, 1.82) is 0 Å². The fourth-order valence-electron chi connectivity index (χ4n) is 14.0. The van der Waals surface area contributed by atoms with Crippen LogP contribution in [0.2, 0.25) is 0 Å². The molecule has 0 atom stereocenters. The van der Waals surface area contributed by atoms with Gasteiger partial charge in [-0.25, -0.2) is 58.3 Å². The van der Waals surface area contributed by atoms with Crippen LogP contribution in [-0.2, 0) is 98.2 Å². The van der Waals surface area contributed by atoms with Crippen molar-refractivity contribution in [3.05, 3.63) is 336 Å². The van der Waals surface area contributed by atoms with Gasteiger partial charge in [0.15, 0.2) is 5.69 Å². The highest BCUT2D eigenvalue weighted by Crippen LogP contribution is 2.34. The summed E-state index contributed by atoms with van der Waals surface area (Å²) in [5.74, 6) is -3.64. The van der Waals surface area contributed by atoms with Gasteiger partial charge in [-0.05, 0) is 191 Å². The molecular formula is C113H120N12O24. The second-order valence-electron chi connectivity index (χ2n) is 35.9. The number of H-pyrrole nitrogens is 1. The van der Waals surface area contributed by atoms with Crippen molar-refractivity contribution >= 4 is 47.8 Å². The fraction of sp³-hybridized carbons (Fsp3) is 0.292. The zero-order chi connectivity index (χ0) is 106. The normalized spacial score (nSPS) is 11.1. The summed E-state index contributed by atoms with van der Waals surface area (Å²) in [4.78, 5) is 114. The lowest BCUT2D eigenvalue weighted by Gasteiger charge is -2.19. The van der Waals surface area contributed by atoms with Crippen molar-refractivity contribution in [2.24, 2.45) is 0 Å². The van der Waals surface area contributed by atoms with Gasteiger partial charge < -0.3 is 74.9 Å². The minimum atomic E-state index is -1.08. The zero-order valence-electron chi connectivity index (χ0n) is 85.5. The molecule has 8 aromatic heterocycles. The Morgan fingerprint density at radius 2 is 0.624 bits per heavy atom. The van der Waals surface area contributed by atoms with Crippen LogP contribution < -0.4 is 0 Å². The molecule has 2 N–H and O–H groups in total. The number of rotatable bonds is 39.